The maximum atomic E-state index is 13.2. The van der Waals surface area contributed by atoms with E-state index in [4.69, 9.17) is 0 Å². The summed E-state index contributed by atoms with van der Waals surface area (Å²) < 4.78 is 38.8. The highest BCUT2D eigenvalue weighted by Gasteiger charge is 2.33. The van der Waals surface area contributed by atoms with Crippen molar-refractivity contribution in [3.05, 3.63) is 81.5 Å². The van der Waals surface area contributed by atoms with E-state index >= 15 is 0 Å². The highest BCUT2D eigenvalue weighted by molar-refractivity contribution is 8.06. The van der Waals surface area contributed by atoms with Crippen LogP contribution >= 0.6 is 11.8 Å². The second kappa shape index (κ2) is 7.44. The van der Waals surface area contributed by atoms with Crippen molar-refractivity contribution >= 4 is 33.3 Å². The molecule has 0 unspecified atom stereocenters. The second-order valence-electron chi connectivity index (χ2n) is 6.95. The van der Waals surface area contributed by atoms with Crippen LogP contribution in [0.15, 0.2) is 69.4 Å². The molecule has 2 aromatic rings. The normalized spacial score (nSPS) is 16.4. The van der Waals surface area contributed by atoms with E-state index in [1.54, 1.807) is 24.3 Å². The second-order valence-corrected chi connectivity index (χ2v) is 9.96. The number of Topliss-reactive ketones (excluding diaryl/α,β-unsaturated/α-hetero) is 1. The number of hydrogen-bond donors (Lipinski definition) is 0. The Morgan fingerprint density at radius 3 is 2.34 bits per heavy atom. The summed E-state index contributed by atoms with van der Waals surface area (Å²) in [5.74, 6) is -0.384. The highest BCUT2D eigenvalue weighted by Crippen LogP contribution is 2.46. The van der Waals surface area contributed by atoms with Crippen molar-refractivity contribution < 1.29 is 17.6 Å². The number of hydrogen-bond acceptors (Lipinski definition) is 5. The van der Waals surface area contributed by atoms with Gasteiger partial charge in [-0.25, -0.2) is 17.1 Å². The minimum absolute atomic E-state index is 0.0995. The maximum Gasteiger partial charge on any atom is 0.242 e. The fourth-order valence-corrected chi connectivity index (χ4v) is 5.40. The molecule has 0 aliphatic carbocycles. The minimum atomic E-state index is -3.53. The zero-order valence-electron chi connectivity index (χ0n) is 15.9. The Labute approximate surface area is 173 Å². The van der Waals surface area contributed by atoms with Gasteiger partial charge in [-0.15, -0.1) is 0 Å². The van der Waals surface area contributed by atoms with Crippen molar-refractivity contribution in [3.63, 3.8) is 0 Å². The van der Waals surface area contributed by atoms with Crippen LogP contribution in [-0.4, -0.2) is 44.0 Å². The largest absolute Gasteiger partial charge is 0.334 e. The lowest BCUT2D eigenvalue weighted by Crippen LogP contribution is -2.22. The topological polar surface area (TPSA) is 57.7 Å². The predicted molar refractivity (Wildman–Crippen MR) is 112 cm³/mol. The van der Waals surface area contributed by atoms with Gasteiger partial charge in [0.2, 0.25) is 10.0 Å². The molecule has 0 N–H and O–H groups in total. The molecule has 0 fully saturated rings. The van der Waals surface area contributed by atoms with Gasteiger partial charge in [-0.3, -0.25) is 4.79 Å². The summed E-state index contributed by atoms with van der Waals surface area (Å²) in [4.78, 5) is 15.3. The minimum Gasteiger partial charge on any atom is -0.334 e. The lowest BCUT2D eigenvalue weighted by Gasteiger charge is -2.18. The number of carbonyl (C=O) groups excluding carboxylic acids is 1. The lowest BCUT2D eigenvalue weighted by molar-refractivity contribution is 0.103. The fourth-order valence-electron chi connectivity index (χ4n) is 3.35. The van der Waals surface area contributed by atoms with E-state index in [1.807, 2.05) is 5.41 Å². The molecule has 4 rings (SSSR count). The Bertz CT molecular complexity index is 1140. The van der Waals surface area contributed by atoms with Crippen LogP contribution in [0.25, 0.3) is 5.70 Å². The molecule has 2 heterocycles. The summed E-state index contributed by atoms with van der Waals surface area (Å²) in [5.41, 5.74) is 3.04. The molecule has 29 heavy (non-hydrogen) atoms. The number of sulfonamides is 1. The first-order chi connectivity index (χ1) is 13.8. The molecule has 2 aromatic carbocycles. The lowest BCUT2D eigenvalue weighted by atomic mass is 10.0. The van der Waals surface area contributed by atoms with E-state index in [0.29, 0.717) is 24.1 Å². The van der Waals surface area contributed by atoms with Crippen LogP contribution in [0.5, 0.6) is 0 Å². The first kappa shape index (κ1) is 19.9. The van der Waals surface area contributed by atoms with E-state index in [0.717, 1.165) is 20.6 Å². The van der Waals surface area contributed by atoms with Crippen molar-refractivity contribution in [2.75, 3.05) is 20.6 Å². The molecule has 2 aliphatic heterocycles. The number of thioether (sulfide) groups is 1. The number of nitrogens with zero attached hydrogens (tertiary/aromatic N) is 2. The van der Waals surface area contributed by atoms with Crippen LogP contribution in [0, 0.1) is 5.82 Å². The van der Waals surface area contributed by atoms with Gasteiger partial charge in [0, 0.05) is 37.2 Å². The molecule has 0 bridgehead atoms. The smallest absolute Gasteiger partial charge is 0.242 e. The van der Waals surface area contributed by atoms with Crippen LogP contribution in [0.2, 0.25) is 0 Å². The average Bonchev–Trinajstić information content (AvgIpc) is 3.30. The fraction of sp³-hybridized carbons (Fsp3) is 0.190. The van der Waals surface area contributed by atoms with E-state index in [9.17, 15) is 17.6 Å². The maximum absolute atomic E-state index is 13.2. The molecule has 0 atom stereocenters. The summed E-state index contributed by atoms with van der Waals surface area (Å²) >= 11 is 1.49. The Hall–Kier alpha value is -2.42. The molecule has 0 spiro atoms. The molecule has 0 saturated heterocycles. The molecule has 0 aromatic heterocycles. The Balaban J connectivity index is 1.58. The summed E-state index contributed by atoms with van der Waals surface area (Å²) in [6, 6.07) is 12.4. The standard InChI is InChI=1S/C21H19FN2O3S2/c1-23(2)29(26,27)17-9-5-15(6-10-17)20(25)18-11-12-24-19(13-28-21(18)24)14-3-7-16(22)8-4-14/h3-10,13H,11-12H2,1-2H3. The Morgan fingerprint density at radius 2 is 1.72 bits per heavy atom. The first-order valence-corrected chi connectivity index (χ1v) is 11.3. The van der Waals surface area contributed by atoms with E-state index in [2.05, 4.69) is 4.90 Å². The van der Waals surface area contributed by atoms with Gasteiger partial charge in [0.05, 0.1) is 15.6 Å². The predicted octanol–water partition coefficient (Wildman–Crippen LogP) is 3.92. The summed E-state index contributed by atoms with van der Waals surface area (Å²) in [6.07, 6.45) is 0.609. The molecule has 5 nitrogen and oxygen atoms in total. The molecular formula is C21H19FN2O3S2. The number of fused-ring (bicyclic) bond motifs is 1. The van der Waals surface area contributed by atoms with Crippen molar-refractivity contribution in [2.45, 2.75) is 11.3 Å². The van der Waals surface area contributed by atoms with Gasteiger partial charge in [0.15, 0.2) is 5.78 Å². The Kier molecular flexibility index (Phi) is 5.10. The zero-order chi connectivity index (χ0) is 20.8. The number of ketones is 1. The quantitative estimate of drug-likeness (QED) is 0.673. The number of halogens is 1. The van der Waals surface area contributed by atoms with Crippen LogP contribution < -0.4 is 0 Å². The monoisotopic (exact) mass is 430 g/mol. The van der Waals surface area contributed by atoms with Crippen LogP contribution in [-0.2, 0) is 10.0 Å². The summed E-state index contributed by atoms with van der Waals surface area (Å²) in [6.45, 7) is 0.680. The van der Waals surface area contributed by atoms with Gasteiger partial charge in [0.25, 0.3) is 0 Å². The van der Waals surface area contributed by atoms with E-state index in [1.165, 1.54) is 50.1 Å². The number of carbonyl (C=O) groups is 1. The van der Waals surface area contributed by atoms with Crippen LogP contribution in [0.1, 0.15) is 22.3 Å². The van der Waals surface area contributed by atoms with E-state index in [-0.39, 0.29) is 16.5 Å². The van der Waals surface area contributed by atoms with Gasteiger partial charge in [-0.2, -0.15) is 0 Å². The van der Waals surface area contributed by atoms with Crippen molar-refractivity contribution in [3.8, 4) is 0 Å². The van der Waals surface area contributed by atoms with Gasteiger partial charge in [-0.05, 0) is 60.5 Å². The van der Waals surface area contributed by atoms with Gasteiger partial charge in [-0.1, -0.05) is 11.8 Å². The third-order valence-electron chi connectivity index (χ3n) is 4.97. The zero-order valence-corrected chi connectivity index (χ0v) is 17.6. The molecule has 150 valence electrons. The van der Waals surface area contributed by atoms with Crippen LogP contribution in [0.3, 0.4) is 0 Å². The summed E-state index contributed by atoms with van der Waals surface area (Å²) in [5, 5.41) is 2.86. The van der Waals surface area contributed by atoms with Crippen molar-refractivity contribution in [1.29, 1.82) is 0 Å². The molecule has 0 saturated carbocycles. The highest BCUT2D eigenvalue weighted by atomic mass is 32.2. The third kappa shape index (κ3) is 3.52. The Morgan fingerprint density at radius 1 is 1.07 bits per heavy atom. The first-order valence-electron chi connectivity index (χ1n) is 9.00. The molecule has 0 amide bonds. The number of benzene rings is 2. The van der Waals surface area contributed by atoms with Crippen molar-refractivity contribution in [2.24, 2.45) is 0 Å². The van der Waals surface area contributed by atoms with Gasteiger partial charge in [0.1, 0.15) is 5.82 Å². The van der Waals surface area contributed by atoms with Gasteiger partial charge >= 0.3 is 0 Å². The molecule has 2 aliphatic rings. The van der Waals surface area contributed by atoms with Gasteiger partial charge < -0.3 is 4.90 Å². The number of rotatable bonds is 5. The molecule has 8 heteroatoms. The average molecular weight is 431 g/mol. The molecular weight excluding hydrogens is 411 g/mol. The molecule has 0 radical (unpaired) electrons. The third-order valence-corrected chi connectivity index (χ3v) is 7.83. The SMILES string of the molecule is CN(C)S(=O)(=O)c1ccc(C(=O)C2=C3SC=C(c4ccc(F)cc4)N3CC2)cc1. The van der Waals surface area contributed by atoms with Crippen LogP contribution in [0.4, 0.5) is 4.39 Å². The van der Waals surface area contributed by atoms with Crippen molar-refractivity contribution in [1.82, 2.24) is 9.21 Å². The summed E-state index contributed by atoms with van der Waals surface area (Å²) in [7, 11) is -0.592. The van der Waals surface area contributed by atoms with E-state index < -0.39 is 10.0 Å².